The van der Waals surface area contributed by atoms with Crippen LogP contribution in [0.2, 0.25) is 0 Å². The molecule has 0 radical (unpaired) electrons. The molecule has 2 N–H and O–H groups in total. The Morgan fingerprint density at radius 3 is 2.47 bits per heavy atom. The Morgan fingerprint density at radius 2 is 1.84 bits per heavy atom. The minimum absolute atomic E-state index is 0.344. The molecule has 0 fully saturated rings. The number of anilines is 1. The van der Waals surface area contributed by atoms with Gasteiger partial charge in [-0.1, -0.05) is 17.3 Å². The number of nitrogens with zero attached hydrogens (tertiary/aromatic N) is 2. The van der Waals surface area contributed by atoms with Crippen LogP contribution < -0.4 is 5.73 Å². The Balaban J connectivity index is 2.49. The fourth-order valence-electron chi connectivity index (χ4n) is 2.78. The maximum atomic E-state index is 5.65. The third-order valence-corrected chi connectivity index (χ3v) is 3.82. The number of nitrogen functional groups attached to an aromatic ring is 1. The van der Waals surface area contributed by atoms with Crippen molar-refractivity contribution < 1.29 is 4.52 Å². The minimum atomic E-state index is 0.344. The Kier molecular flexibility index (Phi) is 2.42. The molecule has 0 atom stereocenters. The van der Waals surface area contributed by atoms with Crippen molar-refractivity contribution >= 4 is 16.8 Å². The highest BCUT2D eigenvalue weighted by molar-refractivity contribution is 6.01. The summed E-state index contributed by atoms with van der Waals surface area (Å²) in [5, 5.41) is 5.30. The van der Waals surface area contributed by atoms with Gasteiger partial charge in [-0.2, -0.15) is 0 Å². The molecule has 0 amide bonds. The van der Waals surface area contributed by atoms with Crippen molar-refractivity contribution in [1.82, 2.24) is 9.72 Å². The SMILES string of the molecule is Cc1ccc(C)c2c1c(-c1cc(N)on1)c(C)n2C. The summed E-state index contributed by atoms with van der Waals surface area (Å²) in [6.45, 7) is 6.34. The Hall–Kier alpha value is -2.23. The molecule has 3 aromatic rings. The summed E-state index contributed by atoms with van der Waals surface area (Å²) in [6, 6.07) is 6.08. The van der Waals surface area contributed by atoms with Crippen LogP contribution in [0.5, 0.6) is 0 Å². The highest BCUT2D eigenvalue weighted by Crippen LogP contribution is 2.37. The van der Waals surface area contributed by atoms with Crippen LogP contribution in [0, 0.1) is 20.8 Å². The number of aryl methyl sites for hydroxylation is 3. The number of hydrogen-bond acceptors (Lipinski definition) is 3. The molecular formula is C15H17N3O. The smallest absolute Gasteiger partial charge is 0.222 e. The van der Waals surface area contributed by atoms with Gasteiger partial charge in [0, 0.05) is 29.8 Å². The minimum Gasteiger partial charge on any atom is -0.368 e. The lowest BCUT2D eigenvalue weighted by Gasteiger charge is -2.04. The van der Waals surface area contributed by atoms with Crippen molar-refractivity contribution in [2.24, 2.45) is 7.05 Å². The maximum Gasteiger partial charge on any atom is 0.222 e. The highest BCUT2D eigenvalue weighted by atomic mass is 16.5. The van der Waals surface area contributed by atoms with Gasteiger partial charge in [-0.15, -0.1) is 0 Å². The van der Waals surface area contributed by atoms with Gasteiger partial charge in [0.2, 0.25) is 5.88 Å². The lowest BCUT2D eigenvalue weighted by Crippen LogP contribution is -1.92. The van der Waals surface area contributed by atoms with Crippen LogP contribution in [0.15, 0.2) is 22.7 Å². The number of fused-ring (bicyclic) bond motifs is 1. The first kappa shape index (κ1) is 11.8. The molecule has 3 rings (SSSR count). The second-order valence-corrected chi connectivity index (χ2v) is 5.06. The first-order valence-electron chi connectivity index (χ1n) is 6.28. The number of hydrogen-bond donors (Lipinski definition) is 1. The number of nitrogens with two attached hydrogens (primary N) is 1. The van der Waals surface area contributed by atoms with Gasteiger partial charge in [-0.25, -0.2) is 0 Å². The average molecular weight is 255 g/mol. The second kappa shape index (κ2) is 3.88. The zero-order valence-corrected chi connectivity index (χ0v) is 11.6. The first-order chi connectivity index (χ1) is 9.00. The molecule has 0 aliphatic rings. The molecule has 0 aliphatic carbocycles. The summed E-state index contributed by atoms with van der Waals surface area (Å²) in [4.78, 5) is 0. The van der Waals surface area contributed by atoms with Crippen LogP contribution in [0.25, 0.3) is 22.2 Å². The lowest BCUT2D eigenvalue weighted by atomic mass is 10.0. The lowest BCUT2D eigenvalue weighted by molar-refractivity contribution is 0.439. The van der Waals surface area contributed by atoms with E-state index in [4.69, 9.17) is 10.3 Å². The summed E-state index contributed by atoms with van der Waals surface area (Å²) in [6.07, 6.45) is 0. The van der Waals surface area contributed by atoms with E-state index in [2.05, 4.69) is 49.7 Å². The Morgan fingerprint density at radius 1 is 1.16 bits per heavy atom. The van der Waals surface area contributed by atoms with Gasteiger partial charge in [0.05, 0.1) is 5.52 Å². The Labute approximate surface area is 111 Å². The van der Waals surface area contributed by atoms with Crippen LogP contribution in [0.3, 0.4) is 0 Å². The van der Waals surface area contributed by atoms with Crippen LogP contribution >= 0.6 is 0 Å². The van der Waals surface area contributed by atoms with Crippen molar-refractivity contribution in [3.63, 3.8) is 0 Å². The third kappa shape index (κ3) is 1.56. The van der Waals surface area contributed by atoms with Gasteiger partial charge in [-0.3, -0.25) is 0 Å². The summed E-state index contributed by atoms with van der Waals surface area (Å²) < 4.78 is 7.23. The van der Waals surface area contributed by atoms with Crippen LogP contribution in [0.4, 0.5) is 5.88 Å². The van der Waals surface area contributed by atoms with Gasteiger partial charge in [0.1, 0.15) is 5.69 Å². The predicted molar refractivity (Wildman–Crippen MR) is 77.0 cm³/mol. The van der Waals surface area contributed by atoms with E-state index in [0.717, 1.165) is 11.3 Å². The fourth-order valence-corrected chi connectivity index (χ4v) is 2.78. The zero-order valence-electron chi connectivity index (χ0n) is 11.6. The molecule has 98 valence electrons. The second-order valence-electron chi connectivity index (χ2n) is 5.06. The van der Waals surface area contributed by atoms with Crippen molar-refractivity contribution in [2.75, 3.05) is 5.73 Å². The molecule has 0 aliphatic heterocycles. The van der Waals surface area contributed by atoms with E-state index < -0.39 is 0 Å². The van der Waals surface area contributed by atoms with Crippen molar-refractivity contribution in [1.29, 1.82) is 0 Å². The predicted octanol–water partition coefficient (Wildman–Crippen LogP) is 3.34. The van der Waals surface area contributed by atoms with Crippen molar-refractivity contribution in [3.8, 4) is 11.3 Å². The van der Waals surface area contributed by atoms with Gasteiger partial charge < -0.3 is 14.8 Å². The molecule has 1 aromatic carbocycles. The monoisotopic (exact) mass is 255 g/mol. The van der Waals surface area contributed by atoms with E-state index in [-0.39, 0.29) is 0 Å². The number of aromatic nitrogens is 2. The van der Waals surface area contributed by atoms with Crippen LogP contribution in [-0.2, 0) is 7.05 Å². The number of benzene rings is 1. The molecule has 0 bridgehead atoms. The molecule has 4 nitrogen and oxygen atoms in total. The molecular weight excluding hydrogens is 238 g/mol. The van der Waals surface area contributed by atoms with Gasteiger partial charge in [0.15, 0.2) is 0 Å². The fraction of sp³-hybridized carbons (Fsp3) is 0.267. The summed E-state index contributed by atoms with van der Waals surface area (Å²) in [5.41, 5.74) is 12.5. The van der Waals surface area contributed by atoms with E-state index in [9.17, 15) is 0 Å². The van der Waals surface area contributed by atoms with E-state index >= 15 is 0 Å². The molecule has 0 saturated heterocycles. The van der Waals surface area contributed by atoms with Gasteiger partial charge >= 0.3 is 0 Å². The van der Waals surface area contributed by atoms with Crippen LogP contribution in [0.1, 0.15) is 16.8 Å². The molecule has 2 aromatic heterocycles. The van der Waals surface area contributed by atoms with E-state index in [1.54, 1.807) is 6.07 Å². The van der Waals surface area contributed by atoms with E-state index in [1.165, 1.54) is 27.7 Å². The summed E-state index contributed by atoms with van der Waals surface area (Å²) in [7, 11) is 2.08. The summed E-state index contributed by atoms with van der Waals surface area (Å²) in [5.74, 6) is 0.344. The molecule has 0 saturated carbocycles. The molecule has 2 heterocycles. The molecule has 4 heteroatoms. The molecule has 19 heavy (non-hydrogen) atoms. The van der Waals surface area contributed by atoms with Crippen LogP contribution in [-0.4, -0.2) is 9.72 Å². The largest absolute Gasteiger partial charge is 0.368 e. The zero-order chi connectivity index (χ0) is 13.7. The topological polar surface area (TPSA) is 57.0 Å². The quantitative estimate of drug-likeness (QED) is 0.725. The first-order valence-corrected chi connectivity index (χ1v) is 6.28. The molecule has 0 spiro atoms. The van der Waals surface area contributed by atoms with Gasteiger partial charge in [-0.05, 0) is 31.9 Å². The van der Waals surface area contributed by atoms with E-state index in [0.29, 0.717) is 5.88 Å². The molecule has 0 unspecified atom stereocenters. The van der Waals surface area contributed by atoms with Crippen molar-refractivity contribution in [2.45, 2.75) is 20.8 Å². The maximum absolute atomic E-state index is 5.65. The van der Waals surface area contributed by atoms with Gasteiger partial charge in [0.25, 0.3) is 0 Å². The number of rotatable bonds is 1. The highest BCUT2D eigenvalue weighted by Gasteiger charge is 2.19. The average Bonchev–Trinajstić information content (AvgIpc) is 2.89. The Bertz CT molecular complexity index is 780. The third-order valence-electron chi connectivity index (χ3n) is 3.82. The van der Waals surface area contributed by atoms with E-state index in [1.807, 2.05) is 0 Å². The standard InChI is InChI=1S/C15H17N3O/c1-8-5-6-9(2)15-13(8)14(10(3)18(15)4)11-7-12(16)19-17-11/h5-7H,16H2,1-4H3. The summed E-state index contributed by atoms with van der Waals surface area (Å²) >= 11 is 0. The normalized spacial score (nSPS) is 11.4. The van der Waals surface area contributed by atoms with Crippen molar-refractivity contribution in [3.05, 3.63) is 35.0 Å².